The Morgan fingerprint density at radius 2 is 2.17 bits per heavy atom. The van der Waals surface area contributed by atoms with Crippen LogP contribution in [0.2, 0.25) is 0 Å². The molecular formula is C17H21N3O4. The van der Waals surface area contributed by atoms with E-state index in [0.29, 0.717) is 25.3 Å². The van der Waals surface area contributed by atoms with Gasteiger partial charge in [-0.3, -0.25) is 4.79 Å². The minimum atomic E-state index is -0.412. The molecule has 7 heteroatoms. The number of methoxy groups -OCH3 is 1. The Morgan fingerprint density at radius 1 is 1.38 bits per heavy atom. The molecule has 1 heterocycles. The van der Waals surface area contributed by atoms with E-state index >= 15 is 0 Å². The van der Waals surface area contributed by atoms with Crippen molar-refractivity contribution in [2.45, 2.75) is 19.8 Å². The average molecular weight is 331 g/mol. The van der Waals surface area contributed by atoms with E-state index < -0.39 is 6.09 Å². The Bertz CT molecular complexity index is 698. The standard InChI is InChI=1S/C17H21N3O4/c1-12-13(16-18-9-11-24-16)6-4-7-14(12)19-15(21)8-5-10-20(2)17(22)23-3/h4,6-7,9,11H,5,8,10H2,1-3H3,(H,19,21). The molecule has 0 atom stereocenters. The monoisotopic (exact) mass is 331 g/mol. The third-order valence-electron chi connectivity index (χ3n) is 3.65. The number of aromatic nitrogens is 1. The van der Waals surface area contributed by atoms with Crippen LogP contribution in [0.1, 0.15) is 18.4 Å². The normalized spacial score (nSPS) is 10.3. The van der Waals surface area contributed by atoms with Crippen molar-refractivity contribution in [3.63, 3.8) is 0 Å². The van der Waals surface area contributed by atoms with Crippen LogP contribution in [0, 0.1) is 6.92 Å². The molecule has 0 fully saturated rings. The fraction of sp³-hybridized carbons (Fsp3) is 0.353. The lowest BCUT2D eigenvalue weighted by molar-refractivity contribution is -0.116. The van der Waals surface area contributed by atoms with E-state index in [1.54, 1.807) is 13.2 Å². The molecule has 1 aromatic carbocycles. The van der Waals surface area contributed by atoms with Crippen LogP contribution in [0.5, 0.6) is 0 Å². The van der Waals surface area contributed by atoms with Crippen molar-refractivity contribution in [3.8, 4) is 11.5 Å². The highest BCUT2D eigenvalue weighted by molar-refractivity contribution is 5.92. The van der Waals surface area contributed by atoms with Crippen molar-refractivity contribution >= 4 is 17.7 Å². The first kappa shape index (κ1) is 17.5. The zero-order chi connectivity index (χ0) is 17.5. The van der Waals surface area contributed by atoms with E-state index in [1.807, 2.05) is 25.1 Å². The van der Waals surface area contributed by atoms with Crippen LogP contribution >= 0.6 is 0 Å². The second kappa shape index (κ2) is 8.14. The lowest BCUT2D eigenvalue weighted by atomic mass is 10.1. The highest BCUT2D eigenvalue weighted by Crippen LogP contribution is 2.27. The molecule has 0 bridgehead atoms. The van der Waals surface area contributed by atoms with Gasteiger partial charge in [0.05, 0.1) is 13.3 Å². The maximum atomic E-state index is 12.1. The Hall–Kier alpha value is -2.83. The number of ether oxygens (including phenoxy) is 1. The number of carbonyl (C=O) groups is 2. The maximum absolute atomic E-state index is 12.1. The first-order valence-corrected chi connectivity index (χ1v) is 7.61. The van der Waals surface area contributed by atoms with Crippen molar-refractivity contribution in [1.82, 2.24) is 9.88 Å². The van der Waals surface area contributed by atoms with Gasteiger partial charge in [0.15, 0.2) is 0 Å². The van der Waals surface area contributed by atoms with Gasteiger partial charge in [0.1, 0.15) is 6.26 Å². The minimum absolute atomic E-state index is 0.110. The molecule has 2 aromatic rings. The van der Waals surface area contributed by atoms with E-state index in [2.05, 4.69) is 15.0 Å². The third-order valence-corrected chi connectivity index (χ3v) is 3.65. The number of carbonyl (C=O) groups excluding carboxylic acids is 2. The van der Waals surface area contributed by atoms with Gasteiger partial charge >= 0.3 is 6.09 Å². The van der Waals surface area contributed by atoms with Gasteiger partial charge < -0.3 is 19.4 Å². The fourth-order valence-corrected chi connectivity index (χ4v) is 2.30. The third kappa shape index (κ3) is 4.34. The van der Waals surface area contributed by atoms with E-state index in [4.69, 9.17) is 4.42 Å². The molecule has 24 heavy (non-hydrogen) atoms. The van der Waals surface area contributed by atoms with Gasteiger partial charge in [-0.2, -0.15) is 0 Å². The van der Waals surface area contributed by atoms with Crippen LogP contribution < -0.4 is 5.32 Å². The Kier molecular flexibility index (Phi) is 5.95. The van der Waals surface area contributed by atoms with Crippen molar-refractivity contribution < 1.29 is 18.7 Å². The molecule has 0 spiro atoms. The lowest BCUT2D eigenvalue weighted by Crippen LogP contribution is -2.28. The van der Waals surface area contributed by atoms with Crippen LogP contribution in [0.4, 0.5) is 10.5 Å². The molecule has 1 N–H and O–H groups in total. The van der Waals surface area contributed by atoms with E-state index in [0.717, 1.165) is 16.8 Å². The zero-order valence-electron chi connectivity index (χ0n) is 14.0. The second-order valence-electron chi connectivity index (χ2n) is 5.36. The smallest absolute Gasteiger partial charge is 0.409 e. The fourth-order valence-electron chi connectivity index (χ4n) is 2.30. The Balaban J connectivity index is 1.93. The Morgan fingerprint density at radius 3 is 2.83 bits per heavy atom. The summed E-state index contributed by atoms with van der Waals surface area (Å²) >= 11 is 0. The zero-order valence-corrected chi connectivity index (χ0v) is 14.0. The van der Waals surface area contributed by atoms with Gasteiger partial charge in [-0.25, -0.2) is 9.78 Å². The number of nitrogens with zero attached hydrogens (tertiary/aromatic N) is 2. The molecule has 0 aliphatic heterocycles. The largest absolute Gasteiger partial charge is 0.453 e. The molecule has 7 nitrogen and oxygen atoms in total. The lowest BCUT2D eigenvalue weighted by Gasteiger charge is -2.15. The SMILES string of the molecule is COC(=O)N(C)CCCC(=O)Nc1cccc(-c2ncco2)c1C. The summed E-state index contributed by atoms with van der Waals surface area (Å²) in [5.41, 5.74) is 2.44. The molecule has 0 radical (unpaired) electrons. The van der Waals surface area contributed by atoms with E-state index in [-0.39, 0.29) is 5.91 Å². The molecule has 2 rings (SSSR count). The van der Waals surface area contributed by atoms with Gasteiger partial charge in [-0.15, -0.1) is 0 Å². The highest BCUT2D eigenvalue weighted by Gasteiger charge is 2.12. The van der Waals surface area contributed by atoms with Crippen molar-refractivity contribution in [3.05, 3.63) is 36.2 Å². The van der Waals surface area contributed by atoms with Crippen molar-refractivity contribution in [1.29, 1.82) is 0 Å². The number of oxazole rings is 1. The summed E-state index contributed by atoms with van der Waals surface area (Å²) in [6.45, 7) is 2.36. The molecule has 0 aliphatic carbocycles. The van der Waals surface area contributed by atoms with Crippen LogP contribution in [-0.2, 0) is 9.53 Å². The summed E-state index contributed by atoms with van der Waals surface area (Å²) < 4.78 is 9.91. The van der Waals surface area contributed by atoms with Gasteiger partial charge in [0, 0.05) is 31.3 Å². The topological polar surface area (TPSA) is 84.7 Å². The van der Waals surface area contributed by atoms with Gasteiger partial charge in [-0.05, 0) is 31.0 Å². The summed E-state index contributed by atoms with van der Waals surface area (Å²) in [5, 5.41) is 2.89. The molecule has 0 unspecified atom stereocenters. The summed E-state index contributed by atoms with van der Waals surface area (Å²) in [6.07, 6.45) is 3.54. The average Bonchev–Trinajstić information content (AvgIpc) is 3.10. The number of rotatable bonds is 6. The number of amides is 2. The second-order valence-corrected chi connectivity index (χ2v) is 5.36. The molecular weight excluding hydrogens is 310 g/mol. The predicted octanol–water partition coefficient (Wildman–Crippen LogP) is 3.07. The summed E-state index contributed by atoms with van der Waals surface area (Å²) in [5.74, 6) is 0.407. The molecule has 128 valence electrons. The van der Waals surface area contributed by atoms with Crippen LogP contribution in [0.15, 0.2) is 35.1 Å². The number of nitrogens with one attached hydrogen (secondary N) is 1. The van der Waals surface area contributed by atoms with Gasteiger partial charge in [-0.1, -0.05) is 6.07 Å². The number of hydrogen-bond donors (Lipinski definition) is 1. The van der Waals surface area contributed by atoms with Crippen LogP contribution in [0.25, 0.3) is 11.5 Å². The maximum Gasteiger partial charge on any atom is 0.409 e. The summed E-state index contributed by atoms with van der Waals surface area (Å²) in [4.78, 5) is 28.9. The van der Waals surface area contributed by atoms with Crippen LogP contribution in [-0.4, -0.2) is 42.6 Å². The number of hydrogen-bond acceptors (Lipinski definition) is 5. The van der Waals surface area contributed by atoms with Gasteiger partial charge in [0.25, 0.3) is 0 Å². The first-order chi connectivity index (χ1) is 11.5. The van der Waals surface area contributed by atoms with Gasteiger partial charge in [0.2, 0.25) is 11.8 Å². The molecule has 0 saturated heterocycles. The molecule has 2 amide bonds. The summed E-state index contributed by atoms with van der Waals surface area (Å²) in [7, 11) is 2.96. The first-order valence-electron chi connectivity index (χ1n) is 7.61. The van der Waals surface area contributed by atoms with E-state index in [1.165, 1.54) is 18.3 Å². The molecule has 0 saturated carbocycles. The predicted molar refractivity (Wildman–Crippen MR) is 89.6 cm³/mol. The highest BCUT2D eigenvalue weighted by atomic mass is 16.5. The minimum Gasteiger partial charge on any atom is -0.453 e. The van der Waals surface area contributed by atoms with Crippen molar-refractivity contribution in [2.24, 2.45) is 0 Å². The Labute approximate surface area is 140 Å². The number of anilines is 1. The summed E-state index contributed by atoms with van der Waals surface area (Å²) in [6, 6.07) is 5.57. The van der Waals surface area contributed by atoms with Crippen molar-refractivity contribution in [2.75, 3.05) is 26.0 Å². The van der Waals surface area contributed by atoms with Crippen LogP contribution in [0.3, 0.4) is 0 Å². The molecule has 0 aliphatic rings. The van der Waals surface area contributed by atoms with E-state index in [9.17, 15) is 9.59 Å². The quantitative estimate of drug-likeness (QED) is 0.879. The number of benzene rings is 1. The molecule has 1 aromatic heterocycles.